The van der Waals surface area contributed by atoms with E-state index in [-0.39, 0.29) is 18.6 Å². The number of nitrogens with zero attached hydrogens (tertiary/aromatic N) is 2. The molecule has 0 aliphatic heterocycles. The van der Waals surface area contributed by atoms with Crippen molar-refractivity contribution >= 4 is 11.9 Å². The third-order valence-corrected chi connectivity index (χ3v) is 2.46. The zero-order chi connectivity index (χ0) is 14.0. The largest absolute Gasteiger partial charge is 0.462 e. The van der Waals surface area contributed by atoms with Gasteiger partial charge in [0, 0.05) is 12.2 Å². The molecule has 0 bridgehead atoms. The standard InChI is InChI=1S/C11H12F3N3O2/c1-2-19-9(18)7-5-15-10(16-6-3-4-6)17-8(7)11(12,13)14/h5-6H,2-4H2,1H3,(H,15,16,17). The third kappa shape index (κ3) is 3.33. The van der Waals surface area contributed by atoms with E-state index in [9.17, 15) is 18.0 Å². The van der Waals surface area contributed by atoms with Gasteiger partial charge in [0.1, 0.15) is 5.56 Å². The van der Waals surface area contributed by atoms with Crippen LogP contribution in [0.4, 0.5) is 19.1 Å². The number of rotatable bonds is 4. The van der Waals surface area contributed by atoms with Crippen LogP contribution < -0.4 is 5.32 Å². The van der Waals surface area contributed by atoms with E-state index in [1.54, 1.807) is 0 Å². The smallest absolute Gasteiger partial charge is 0.434 e. The molecule has 0 amide bonds. The number of hydrogen-bond donors (Lipinski definition) is 1. The van der Waals surface area contributed by atoms with E-state index in [1.165, 1.54) is 6.92 Å². The fourth-order valence-corrected chi connectivity index (χ4v) is 1.44. The van der Waals surface area contributed by atoms with Crippen LogP contribution >= 0.6 is 0 Å². The maximum atomic E-state index is 12.9. The first-order chi connectivity index (χ1) is 8.91. The molecule has 0 radical (unpaired) electrons. The summed E-state index contributed by atoms with van der Waals surface area (Å²) in [5, 5.41) is 2.75. The normalized spacial score (nSPS) is 15.2. The van der Waals surface area contributed by atoms with Crippen LogP contribution in [0.1, 0.15) is 35.8 Å². The van der Waals surface area contributed by atoms with Gasteiger partial charge in [0.25, 0.3) is 0 Å². The molecule has 1 aromatic heterocycles. The Balaban J connectivity index is 2.33. The van der Waals surface area contributed by atoms with Crippen molar-refractivity contribution in [2.45, 2.75) is 32.0 Å². The molecule has 8 heteroatoms. The summed E-state index contributed by atoms with van der Waals surface area (Å²) >= 11 is 0. The number of carbonyl (C=O) groups excluding carboxylic acids is 1. The Hall–Kier alpha value is -1.86. The number of carbonyl (C=O) groups is 1. The molecule has 0 aromatic carbocycles. The maximum Gasteiger partial charge on any atom is 0.434 e. The van der Waals surface area contributed by atoms with E-state index < -0.39 is 23.4 Å². The second kappa shape index (κ2) is 5.02. The van der Waals surface area contributed by atoms with Gasteiger partial charge < -0.3 is 10.1 Å². The zero-order valence-corrected chi connectivity index (χ0v) is 10.1. The van der Waals surface area contributed by atoms with Crippen LogP contribution in [0, 0.1) is 0 Å². The highest BCUT2D eigenvalue weighted by Gasteiger charge is 2.39. The molecule has 1 N–H and O–H groups in total. The fraction of sp³-hybridized carbons (Fsp3) is 0.545. The quantitative estimate of drug-likeness (QED) is 0.854. The first-order valence-corrected chi connectivity index (χ1v) is 5.79. The van der Waals surface area contributed by atoms with Crippen molar-refractivity contribution in [3.05, 3.63) is 17.5 Å². The van der Waals surface area contributed by atoms with Gasteiger partial charge in [0.05, 0.1) is 6.61 Å². The molecule has 1 aliphatic carbocycles. The average Bonchev–Trinajstić information content (AvgIpc) is 3.12. The minimum absolute atomic E-state index is 0.0157. The monoisotopic (exact) mass is 275 g/mol. The first kappa shape index (κ1) is 13.6. The topological polar surface area (TPSA) is 64.1 Å². The molecule has 19 heavy (non-hydrogen) atoms. The molecule has 0 atom stereocenters. The average molecular weight is 275 g/mol. The summed E-state index contributed by atoms with van der Waals surface area (Å²) < 4.78 is 43.1. The van der Waals surface area contributed by atoms with Gasteiger partial charge in [0.2, 0.25) is 5.95 Å². The van der Waals surface area contributed by atoms with Gasteiger partial charge in [-0.3, -0.25) is 0 Å². The van der Waals surface area contributed by atoms with E-state index in [0.29, 0.717) is 0 Å². The lowest BCUT2D eigenvalue weighted by Crippen LogP contribution is -2.19. The number of esters is 1. The Bertz CT molecular complexity index is 487. The number of ether oxygens (including phenoxy) is 1. The summed E-state index contributed by atoms with van der Waals surface area (Å²) in [6.45, 7) is 1.49. The summed E-state index contributed by atoms with van der Waals surface area (Å²) in [6.07, 6.45) is -2.13. The van der Waals surface area contributed by atoms with Crippen molar-refractivity contribution in [1.82, 2.24) is 9.97 Å². The van der Waals surface area contributed by atoms with Crippen LogP contribution in [0.3, 0.4) is 0 Å². The molecular weight excluding hydrogens is 263 g/mol. The number of anilines is 1. The Morgan fingerprint density at radius 1 is 1.53 bits per heavy atom. The van der Waals surface area contributed by atoms with E-state index in [1.807, 2.05) is 0 Å². The lowest BCUT2D eigenvalue weighted by atomic mass is 10.2. The van der Waals surface area contributed by atoms with Crippen LogP contribution in [-0.4, -0.2) is 28.6 Å². The van der Waals surface area contributed by atoms with Gasteiger partial charge in [0.15, 0.2) is 5.69 Å². The van der Waals surface area contributed by atoms with Crippen LogP contribution in [0.5, 0.6) is 0 Å². The molecule has 5 nitrogen and oxygen atoms in total. The second-order valence-corrected chi connectivity index (χ2v) is 4.09. The molecular formula is C11H12F3N3O2. The highest BCUT2D eigenvalue weighted by Crippen LogP contribution is 2.32. The maximum absolute atomic E-state index is 12.9. The lowest BCUT2D eigenvalue weighted by Gasteiger charge is -2.12. The molecule has 1 fully saturated rings. The lowest BCUT2D eigenvalue weighted by molar-refractivity contribution is -0.141. The summed E-state index contributed by atoms with van der Waals surface area (Å²) in [5.41, 5.74) is -1.94. The van der Waals surface area contributed by atoms with Crippen molar-refractivity contribution in [3.8, 4) is 0 Å². The van der Waals surface area contributed by atoms with Crippen molar-refractivity contribution in [3.63, 3.8) is 0 Å². The van der Waals surface area contributed by atoms with Gasteiger partial charge >= 0.3 is 12.1 Å². The molecule has 0 spiro atoms. The van der Waals surface area contributed by atoms with E-state index >= 15 is 0 Å². The van der Waals surface area contributed by atoms with Crippen LogP contribution in [0.2, 0.25) is 0 Å². The number of halogens is 3. The zero-order valence-electron chi connectivity index (χ0n) is 10.1. The Labute approximate surface area is 107 Å². The highest BCUT2D eigenvalue weighted by molar-refractivity contribution is 5.90. The van der Waals surface area contributed by atoms with Gasteiger partial charge in [-0.05, 0) is 19.8 Å². The number of nitrogens with one attached hydrogen (secondary N) is 1. The predicted molar refractivity (Wildman–Crippen MR) is 59.6 cm³/mol. The van der Waals surface area contributed by atoms with E-state index in [0.717, 1.165) is 19.0 Å². The molecule has 1 saturated carbocycles. The number of hydrogen-bond acceptors (Lipinski definition) is 5. The fourth-order valence-electron chi connectivity index (χ4n) is 1.44. The molecule has 0 unspecified atom stereocenters. The van der Waals surface area contributed by atoms with Gasteiger partial charge in [-0.15, -0.1) is 0 Å². The van der Waals surface area contributed by atoms with Crippen LogP contribution in [-0.2, 0) is 10.9 Å². The summed E-state index contributed by atoms with van der Waals surface area (Å²) in [7, 11) is 0. The Morgan fingerprint density at radius 3 is 2.74 bits per heavy atom. The predicted octanol–water partition coefficient (Wildman–Crippen LogP) is 2.25. The Morgan fingerprint density at radius 2 is 2.21 bits per heavy atom. The van der Waals surface area contributed by atoms with Crippen LogP contribution in [0.25, 0.3) is 0 Å². The van der Waals surface area contributed by atoms with Gasteiger partial charge in [-0.25, -0.2) is 14.8 Å². The summed E-state index contributed by atoms with van der Waals surface area (Å²) in [5.74, 6) is -1.20. The molecule has 104 valence electrons. The SMILES string of the molecule is CCOC(=O)c1cnc(NC2CC2)nc1C(F)(F)F. The van der Waals surface area contributed by atoms with Gasteiger partial charge in [-0.1, -0.05) is 0 Å². The van der Waals surface area contributed by atoms with Crippen LogP contribution in [0.15, 0.2) is 6.20 Å². The second-order valence-electron chi connectivity index (χ2n) is 4.09. The summed E-state index contributed by atoms with van der Waals surface area (Å²) in [6, 6.07) is 0.120. The molecule has 1 heterocycles. The first-order valence-electron chi connectivity index (χ1n) is 5.79. The molecule has 0 saturated heterocycles. The van der Waals surface area contributed by atoms with Crippen molar-refractivity contribution < 1.29 is 22.7 Å². The van der Waals surface area contributed by atoms with Crippen molar-refractivity contribution in [2.24, 2.45) is 0 Å². The van der Waals surface area contributed by atoms with E-state index in [2.05, 4.69) is 20.0 Å². The van der Waals surface area contributed by atoms with Crippen molar-refractivity contribution in [2.75, 3.05) is 11.9 Å². The Kier molecular flexibility index (Phi) is 3.59. The molecule has 2 rings (SSSR count). The highest BCUT2D eigenvalue weighted by atomic mass is 19.4. The minimum Gasteiger partial charge on any atom is -0.462 e. The third-order valence-electron chi connectivity index (χ3n) is 2.46. The van der Waals surface area contributed by atoms with Crippen molar-refractivity contribution in [1.29, 1.82) is 0 Å². The summed E-state index contributed by atoms with van der Waals surface area (Å²) in [4.78, 5) is 18.5. The molecule has 1 aliphatic rings. The minimum atomic E-state index is -4.73. The van der Waals surface area contributed by atoms with E-state index in [4.69, 9.17) is 0 Å². The number of aromatic nitrogens is 2. The van der Waals surface area contributed by atoms with Gasteiger partial charge in [-0.2, -0.15) is 13.2 Å². The number of alkyl halides is 3. The molecule has 1 aromatic rings.